The van der Waals surface area contributed by atoms with Gasteiger partial charge in [0.05, 0.1) is 6.10 Å². The maximum Gasteiger partial charge on any atom is 0.155 e. The normalized spacial score (nSPS) is 31.9. The molecule has 0 aromatic heterocycles. The van der Waals surface area contributed by atoms with Gasteiger partial charge in [-0.3, -0.25) is 4.79 Å². The van der Waals surface area contributed by atoms with Gasteiger partial charge < -0.3 is 4.74 Å². The van der Waals surface area contributed by atoms with E-state index in [4.69, 9.17) is 4.74 Å². The molecule has 2 heteroatoms. The summed E-state index contributed by atoms with van der Waals surface area (Å²) >= 11 is 0. The summed E-state index contributed by atoms with van der Waals surface area (Å²) in [4.78, 5) is 10.9. The summed E-state index contributed by atoms with van der Waals surface area (Å²) in [5.74, 6) is 2.18. The molecular formula is C13H24O2. The molecule has 15 heavy (non-hydrogen) atoms. The fourth-order valence-electron chi connectivity index (χ4n) is 2.53. The number of carbonyl (C=O) groups is 1. The Morgan fingerprint density at radius 2 is 2.07 bits per heavy atom. The average molecular weight is 212 g/mol. The zero-order valence-corrected chi connectivity index (χ0v) is 10.5. The molecule has 0 saturated heterocycles. The molecule has 0 N–H and O–H groups in total. The molecule has 0 radical (unpaired) electrons. The zero-order valence-electron chi connectivity index (χ0n) is 10.5. The predicted molar refractivity (Wildman–Crippen MR) is 61.8 cm³/mol. The van der Waals surface area contributed by atoms with E-state index in [9.17, 15) is 4.79 Å². The Morgan fingerprint density at radius 1 is 1.40 bits per heavy atom. The van der Waals surface area contributed by atoms with Crippen molar-refractivity contribution in [3.63, 3.8) is 0 Å². The van der Waals surface area contributed by atoms with Crippen LogP contribution in [0.4, 0.5) is 0 Å². The van der Waals surface area contributed by atoms with Crippen LogP contribution in [0.15, 0.2) is 0 Å². The first-order valence-electron chi connectivity index (χ1n) is 6.11. The van der Waals surface area contributed by atoms with Gasteiger partial charge in [-0.25, -0.2) is 0 Å². The van der Waals surface area contributed by atoms with Crippen LogP contribution >= 0.6 is 0 Å². The lowest BCUT2D eigenvalue weighted by molar-refractivity contribution is -0.127. The van der Waals surface area contributed by atoms with Gasteiger partial charge in [-0.2, -0.15) is 0 Å². The molecule has 1 rings (SSSR count). The third-order valence-electron chi connectivity index (χ3n) is 3.46. The van der Waals surface area contributed by atoms with Crippen molar-refractivity contribution in [2.75, 3.05) is 6.61 Å². The molecule has 0 amide bonds. The van der Waals surface area contributed by atoms with Crippen molar-refractivity contribution in [1.29, 1.82) is 0 Å². The molecule has 0 aliphatic heterocycles. The van der Waals surface area contributed by atoms with Gasteiger partial charge in [-0.05, 0) is 37.5 Å². The minimum absolute atomic E-state index is 0.135. The Kier molecular flexibility index (Phi) is 4.78. The number of Topliss-reactive ketones (excluding diaryl/α,β-unsaturated/α-hetero) is 1. The van der Waals surface area contributed by atoms with Gasteiger partial charge in [-0.1, -0.05) is 27.2 Å². The second-order valence-electron chi connectivity index (χ2n) is 5.38. The summed E-state index contributed by atoms with van der Waals surface area (Å²) < 4.78 is 5.74. The second kappa shape index (κ2) is 5.64. The molecule has 2 nitrogen and oxygen atoms in total. The fourth-order valence-corrected chi connectivity index (χ4v) is 2.53. The second-order valence-corrected chi connectivity index (χ2v) is 5.38. The van der Waals surface area contributed by atoms with Crippen molar-refractivity contribution in [3.8, 4) is 0 Å². The average Bonchev–Trinajstić information content (AvgIpc) is 2.14. The minimum Gasteiger partial charge on any atom is -0.370 e. The topological polar surface area (TPSA) is 26.3 Å². The molecule has 0 unspecified atom stereocenters. The van der Waals surface area contributed by atoms with Crippen LogP contribution in [0, 0.1) is 17.8 Å². The van der Waals surface area contributed by atoms with Gasteiger partial charge >= 0.3 is 0 Å². The van der Waals surface area contributed by atoms with E-state index in [1.54, 1.807) is 6.92 Å². The van der Waals surface area contributed by atoms with Crippen LogP contribution in [0.1, 0.15) is 47.0 Å². The van der Waals surface area contributed by atoms with Gasteiger partial charge in [0.1, 0.15) is 6.61 Å². The largest absolute Gasteiger partial charge is 0.370 e. The van der Waals surface area contributed by atoms with E-state index in [1.807, 2.05) is 0 Å². The van der Waals surface area contributed by atoms with Crippen LogP contribution in [0.2, 0.25) is 0 Å². The SMILES string of the molecule is CC(=O)CO[C@@H]1C[C@@H](C)CC[C@@H]1C(C)C. The Hall–Kier alpha value is -0.370. The van der Waals surface area contributed by atoms with Crippen LogP contribution in [0.5, 0.6) is 0 Å². The summed E-state index contributed by atoms with van der Waals surface area (Å²) in [5.41, 5.74) is 0. The van der Waals surface area contributed by atoms with E-state index in [0.29, 0.717) is 24.5 Å². The highest BCUT2D eigenvalue weighted by Gasteiger charge is 2.31. The van der Waals surface area contributed by atoms with Crippen molar-refractivity contribution in [2.24, 2.45) is 17.8 Å². The maximum absolute atomic E-state index is 10.9. The predicted octanol–water partition coefficient (Wildman–Crippen LogP) is 3.05. The van der Waals surface area contributed by atoms with Gasteiger partial charge in [0.25, 0.3) is 0 Å². The summed E-state index contributed by atoms with van der Waals surface area (Å²) in [6, 6.07) is 0. The third-order valence-corrected chi connectivity index (χ3v) is 3.46. The first-order chi connectivity index (χ1) is 7.00. The van der Waals surface area contributed by atoms with Crippen molar-refractivity contribution in [3.05, 3.63) is 0 Å². The molecule has 0 bridgehead atoms. The van der Waals surface area contributed by atoms with Crippen molar-refractivity contribution in [1.82, 2.24) is 0 Å². The first-order valence-corrected chi connectivity index (χ1v) is 6.11. The third kappa shape index (κ3) is 3.94. The van der Waals surface area contributed by atoms with Crippen LogP contribution in [0.3, 0.4) is 0 Å². The summed E-state index contributed by atoms with van der Waals surface area (Å²) in [6.07, 6.45) is 3.98. The molecule has 3 atom stereocenters. The van der Waals surface area contributed by atoms with E-state index in [1.165, 1.54) is 12.8 Å². The molecule has 0 spiro atoms. The lowest BCUT2D eigenvalue weighted by atomic mass is 9.75. The minimum atomic E-state index is 0.135. The van der Waals surface area contributed by atoms with Crippen molar-refractivity contribution < 1.29 is 9.53 Å². The van der Waals surface area contributed by atoms with Crippen molar-refractivity contribution >= 4 is 5.78 Å². The number of hydrogen-bond acceptors (Lipinski definition) is 2. The Labute approximate surface area is 93.4 Å². The lowest BCUT2D eigenvalue weighted by Gasteiger charge is -2.36. The molecule has 0 heterocycles. The smallest absolute Gasteiger partial charge is 0.155 e. The highest BCUT2D eigenvalue weighted by Crippen LogP contribution is 2.35. The molecule has 1 fully saturated rings. The molecule has 1 saturated carbocycles. The van der Waals surface area contributed by atoms with E-state index in [0.717, 1.165) is 12.3 Å². The summed E-state index contributed by atoms with van der Waals surface area (Å²) in [5, 5.41) is 0. The Morgan fingerprint density at radius 3 is 2.60 bits per heavy atom. The number of carbonyl (C=O) groups excluding carboxylic acids is 1. The maximum atomic E-state index is 10.9. The van der Waals surface area contributed by atoms with Gasteiger partial charge in [0.15, 0.2) is 5.78 Å². The highest BCUT2D eigenvalue weighted by atomic mass is 16.5. The highest BCUT2D eigenvalue weighted by molar-refractivity contribution is 5.76. The zero-order chi connectivity index (χ0) is 11.4. The van der Waals surface area contributed by atoms with Crippen molar-refractivity contribution in [2.45, 2.75) is 53.1 Å². The number of rotatable bonds is 4. The monoisotopic (exact) mass is 212 g/mol. The molecule has 1 aliphatic rings. The fraction of sp³-hybridized carbons (Fsp3) is 0.923. The van der Waals surface area contributed by atoms with E-state index in [-0.39, 0.29) is 5.78 Å². The molecule has 0 aromatic carbocycles. The van der Waals surface area contributed by atoms with Crippen LogP contribution < -0.4 is 0 Å². The van der Waals surface area contributed by atoms with Crippen LogP contribution in [0.25, 0.3) is 0 Å². The summed E-state index contributed by atoms with van der Waals surface area (Å²) in [6.45, 7) is 8.67. The summed E-state index contributed by atoms with van der Waals surface area (Å²) in [7, 11) is 0. The molecule has 1 aliphatic carbocycles. The number of ketones is 1. The Balaban J connectivity index is 2.50. The van der Waals surface area contributed by atoms with E-state index in [2.05, 4.69) is 20.8 Å². The van der Waals surface area contributed by atoms with E-state index < -0.39 is 0 Å². The standard InChI is InChI=1S/C13H24O2/c1-9(2)12-6-5-10(3)7-13(12)15-8-11(4)14/h9-10,12-13H,5-8H2,1-4H3/t10-,12+,13+/m0/s1. The van der Waals surface area contributed by atoms with Gasteiger partial charge in [0.2, 0.25) is 0 Å². The first kappa shape index (κ1) is 12.7. The van der Waals surface area contributed by atoms with Crippen LogP contribution in [-0.4, -0.2) is 18.5 Å². The van der Waals surface area contributed by atoms with Crippen LogP contribution in [-0.2, 0) is 9.53 Å². The van der Waals surface area contributed by atoms with Gasteiger partial charge in [-0.15, -0.1) is 0 Å². The Bertz CT molecular complexity index is 211. The molecule has 0 aromatic rings. The van der Waals surface area contributed by atoms with E-state index >= 15 is 0 Å². The van der Waals surface area contributed by atoms with Gasteiger partial charge in [0, 0.05) is 0 Å². The molecule has 88 valence electrons. The number of hydrogen-bond donors (Lipinski definition) is 0. The quantitative estimate of drug-likeness (QED) is 0.716. The number of ether oxygens (including phenoxy) is 1. The lowest BCUT2D eigenvalue weighted by Crippen LogP contribution is -2.35. The molecular weight excluding hydrogens is 188 g/mol.